The molecule has 2 aromatic carbocycles. The van der Waals surface area contributed by atoms with E-state index in [4.69, 9.17) is 9.47 Å². The lowest BCUT2D eigenvalue weighted by Crippen LogP contribution is -2.35. The van der Waals surface area contributed by atoms with Crippen LogP contribution in [0.2, 0.25) is 0 Å². The molecule has 0 bridgehead atoms. The molecule has 27 heavy (non-hydrogen) atoms. The number of aromatic carboxylic acids is 1. The summed E-state index contributed by atoms with van der Waals surface area (Å²) in [5.41, 5.74) is 0.811. The minimum absolute atomic E-state index is 0.139. The summed E-state index contributed by atoms with van der Waals surface area (Å²) in [6.07, 6.45) is -0.202. The Morgan fingerprint density at radius 1 is 1.30 bits per heavy atom. The molecule has 1 N–H and O–H groups in total. The average molecular weight is 385 g/mol. The molecule has 3 aromatic rings. The number of benzene rings is 2. The monoisotopic (exact) mass is 385 g/mol. The lowest BCUT2D eigenvalue weighted by molar-refractivity contribution is -0.0201. The molecule has 1 aliphatic rings. The Kier molecular flexibility index (Phi) is 4.59. The second-order valence-electron chi connectivity index (χ2n) is 6.63. The molecule has 1 saturated heterocycles. The van der Waals surface area contributed by atoms with Crippen LogP contribution in [0.5, 0.6) is 5.75 Å². The number of morpholine rings is 1. The standard InChI is InChI=1S/C20H19NO5S/c1-21-6-7-26-16(10-21)14-8-11(25-2)9-15-17(22)12-4-3-5-13(20(23)24)18(12)27-19(14)15/h3-5,8-9,16H,6-7,10H2,1-2H3,(H,23,24). The van der Waals surface area contributed by atoms with Gasteiger partial charge in [0.2, 0.25) is 0 Å². The summed E-state index contributed by atoms with van der Waals surface area (Å²) in [6, 6.07) is 8.41. The summed E-state index contributed by atoms with van der Waals surface area (Å²) >= 11 is 1.33. The first kappa shape index (κ1) is 17.9. The predicted octanol–water partition coefficient (Wildman–Crippen LogP) is 3.12. The lowest BCUT2D eigenvalue weighted by Gasteiger charge is -2.31. The number of nitrogens with zero attached hydrogens (tertiary/aromatic N) is 1. The van der Waals surface area contributed by atoms with Crippen LogP contribution in [0.25, 0.3) is 20.2 Å². The van der Waals surface area contributed by atoms with E-state index in [-0.39, 0.29) is 17.1 Å². The predicted molar refractivity (Wildman–Crippen MR) is 105 cm³/mol. The second-order valence-corrected chi connectivity index (χ2v) is 7.65. The van der Waals surface area contributed by atoms with Gasteiger partial charge in [-0.3, -0.25) is 4.79 Å². The van der Waals surface area contributed by atoms with Gasteiger partial charge in [-0.1, -0.05) is 6.07 Å². The highest BCUT2D eigenvalue weighted by molar-refractivity contribution is 7.25. The van der Waals surface area contributed by atoms with E-state index in [1.54, 1.807) is 25.3 Å². The molecule has 1 atom stereocenters. The third-order valence-corrected chi connectivity index (χ3v) is 6.19. The summed E-state index contributed by atoms with van der Waals surface area (Å²) in [5, 5.41) is 10.5. The van der Waals surface area contributed by atoms with Gasteiger partial charge in [0.15, 0.2) is 5.43 Å². The van der Waals surface area contributed by atoms with Crippen molar-refractivity contribution in [2.24, 2.45) is 0 Å². The first-order chi connectivity index (χ1) is 13.0. The smallest absolute Gasteiger partial charge is 0.337 e. The van der Waals surface area contributed by atoms with Crippen molar-refractivity contribution in [3.8, 4) is 5.75 Å². The molecule has 1 fully saturated rings. The van der Waals surface area contributed by atoms with Crippen LogP contribution in [0.4, 0.5) is 0 Å². The van der Waals surface area contributed by atoms with Gasteiger partial charge in [-0.05, 0) is 31.3 Å². The molecule has 1 unspecified atom stereocenters. The molecule has 2 heterocycles. The van der Waals surface area contributed by atoms with Crippen molar-refractivity contribution in [2.45, 2.75) is 6.10 Å². The highest BCUT2D eigenvalue weighted by Crippen LogP contribution is 2.37. The quantitative estimate of drug-likeness (QED) is 0.698. The van der Waals surface area contributed by atoms with Crippen molar-refractivity contribution < 1.29 is 19.4 Å². The van der Waals surface area contributed by atoms with Gasteiger partial charge in [-0.2, -0.15) is 0 Å². The normalized spacial score (nSPS) is 18.1. The lowest BCUT2D eigenvalue weighted by atomic mass is 10.0. The van der Waals surface area contributed by atoms with Crippen molar-refractivity contribution >= 4 is 37.5 Å². The number of carbonyl (C=O) groups is 1. The third-order valence-electron chi connectivity index (χ3n) is 4.88. The van der Waals surface area contributed by atoms with Crippen molar-refractivity contribution in [3.63, 3.8) is 0 Å². The second kappa shape index (κ2) is 6.92. The van der Waals surface area contributed by atoms with Crippen LogP contribution < -0.4 is 10.2 Å². The number of hydrogen-bond donors (Lipinski definition) is 1. The van der Waals surface area contributed by atoms with Crippen molar-refractivity contribution in [1.82, 2.24) is 4.90 Å². The van der Waals surface area contributed by atoms with Crippen LogP contribution in [0.3, 0.4) is 0 Å². The number of hydrogen-bond acceptors (Lipinski definition) is 6. The van der Waals surface area contributed by atoms with Gasteiger partial charge in [0.1, 0.15) is 5.75 Å². The number of likely N-dealkylation sites (N-methyl/N-ethyl adjacent to an activating group) is 1. The molecule has 7 heteroatoms. The maximum absolute atomic E-state index is 13.1. The number of rotatable bonds is 3. The maximum Gasteiger partial charge on any atom is 0.337 e. The molecule has 0 amide bonds. The highest BCUT2D eigenvalue weighted by atomic mass is 32.1. The Hall–Kier alpha value is -2.48. The van der Waals surface area contributed by atoms with E-state index in [1.165, 1.54) is 17.4 Å². The molecule has 0 aliphatic carbocycles. The van der Waals surface area contributed by atoms with E-state index >= 15 is 0 Å². The number of carboxylic acids is 1. The van der Waals surface area contributed by atoms with E-state index in [0.29, 0.717) is 34.4 Å². The van der Waals surface area contributed by atoms with Crippen LogP contribution >= 0.6 is 11.3 Å². The molecule has 6 nitrogen and oxygen atoms in total. The number of methoxy groups -OCH3 is 1. The molecular weight excluding hydrogens is 366 g/mol. The number of fused-ring (bicyclic) bond motifs is 2. The van der Waals surface area contributed by atoms with Crippen LogP contribution in [0.1, 0.15) is 22.0 Å². The first-order valence-electron chi connectivity index (χ1n) is 8.60. The van der Waals surface area contributed by atoms with Crippen molar-refractivity contribution in [3.05, 3.63) is 51.7 Å². The summed E-state index contributed by atoms with van der Waals surface area (Å²) in [5.74, 6) is -0.452. The molecule has 0 radical (unpaired) electrons. The van der Waals surface area contributed by atoms with Crippen molar-refractivity contribution in [2.75, 3.05) is 33.9 Å². The fourth-order valence-electron chi connectivity index (χ4n) is 3.47. The SMILES string of the molecule is COc1cc(C2CN(C)CCO2)c2sc3c(C(=O)O)cccc3c(=O)c2c1. The van der Waals surface area contributed by atoms with Crippen LogP contribution in [-0.2, 0) is 4.74 Å². The Balaban J connectivity index is 2.07. The maximum atomic E-state index is 13.1. The van der Waals surface area contributed by atoms with E-state index < -0.39 is 5.97 Å². The zero-order valence-corrected chi connectivity index (χ0v) is 15.8. The van der Waals surface area contributed by atoms with Crippen LogP contribution in [0.15, 0.2) is 35.1 Å². The number of ether oxygens (including phenoxy) is 2. The Bertz CT molecular complexity index is 1110. The van der Waals surface area contributed by atoms with Gasteiger partial charge in [-0.25, -0.2) is 4.79 Å². The van der Waals surface area contributed by atoms with E-state index in [0.717, 1.165) is 16.8 Å². The molecule has 0 spiro atoms. The van der Waals surface area contributed by atoms with Gasteiger partial charge >= 0.3 is 5.97 Å². The summed E-state index contributed by atoms with van der Waals surface area (Å²) < 4.78 is 12.6. The average Bonchev–Trinajstić information content (AvgIpc) is 2.67. The molecular formula is C20H19NO5S. The van der Waals surface area contributed by atoms with Gasteiger partial charge in [-0.15, -0.1) is 11.3 Å². The summed E-state index contributed by atoms with van der Waals surface area (Å²) in [7, 11) is 3.59. The van der Waals surface area contributed by atoms with Crippen LogP contribution in [-0.4, -0.2) is 49.8 Å². The van der Waals surface area contributed by atoms with Gasteiger partial charge in [0.05, 0.1) is 30.1 Å². The van der Waals surface area contributed by atoms with E-state index in [2.05, 4.69) is 4.90 Å². The van der Waals surface area contributed by atoms with E-state index in [9.17, 15) is 14.7 Å². The molecule has 1 aromatic heterocycles. The summed E-state index contributed by atoms with van der Waals surface area (Å²) in [4.78, 5) is 27.0. The topological polar surface area (TPSA) is 76.1 Å². The minimum atomic E-state index is -1.04. The van der Waals surface area contributed by atoms with Crippen LogP contribution in [0, 0.1) is 0 Å². The third kappa shape index (κ3) is 3.07. The molecule has 0 saturated carbocycles. The molecule has 140 valence electrons. The van der Waals surface area contributed by atoms with Gasteiger partial charge < -0.3 is 19.5 Å². The van der Waals surface area contributed by atoms with Gasteiger partial charge in [0.25, 0.3) is 0 Å². The van der Waals surface area contributed by atoms with E-state index in [1.807, 2.05) is 13.1 Å². The first-order valence-corrected chi connectivity index (χ1v) is 9.42. The zero-order chi connectivity index (χ0) is 19.1. The molecule has 4 rings (SSSR count). The minimum Gasteiger partial charge on any atom is -0.497 e. The highest BCUT2D eigenvalue weighted by Gasteiger charge is 2.24. The fourth-order valence-corrected chi connectivity index (χ4v) is 4.78. The Morgan fingerprint density at radius 2 is 2.11 bits per heavy atom. The zero-order valence-electron chi connectivity index (χ0n) is 15.0. The largest absolute Gasteiger partial charge is 0.497 e. The Labute approximate surface area is 159 Å². The van der Waals surface area contributed by atoms with Gasteiger partial charge in [0, 0.05) is 34.1 Å². The molecule has 1 aliphatic heterocycles. The Morgan fingerprint density at radius 3 is 2.81 bits per heavy atom. The number of carboxylic acid groups (broad SMARTS) is 1. The summed E-state index contributed by atoms with van der Waals surface area (Å²) in [6.45, 7) is 2.14. The fraction of sp³-hybridized carbons (Fsp3) is 0.300. The van der Waals surface area contributed by atoms with Crippen molar-refractivity contribution in [1.29, 1.82) is 0 Å².